The Bertz CT molecular complexity index is 368. The lowest BCUT2D eigenvalue weighted by molar-refractivity contribution is 0.0898. The maximum Gasteiger partial charge on any atom is 0.0164 e. The first-order valence-corrected chi connectivity index (χ1v) is 8.44. The van der Waals surface area contributed by atoms with Gasteiger partial charge < -0.3 is 0 Å². The van der Waals surface area contributed by atoms with Crippen molar-refractivity contribution in [2.24, 2.45) is 17.3 Å². The molecule has 0 bridgehead atoms. The van der Waals surface area contributed by atoms with Gasteiger partial charge >= 0.3 is 0 Å². The minimum Gasteiger partial charge on any atom is -0.0820 e. The van der Waals surface area contributed by atoms with Gasteiger partial charge in [0.1, 0.15) is 0 Å². The Morgan fingerprint density at radius 1 is 1.17 bits per heavy atom. The molecule has 18 heavy (non-hydrogen) atoms. The van der Waals surface area contributed by atoms with Crippen LogP contribution in [0.5, 0.6) is 0 Å². The van der Waals surface area contributed by atoms with E-state index in [4.69, 9.17) is 0 Å². The highest BCUT2D eigenvalue weighted by Gasteiger charge is 2.41. The molecule has 1 aliphatic carbocycles. The van der Waals surface area contributed by atoms with Crippen LogP contribution in [-0.2, 0) is 6.42 Å². The standard InChI is InChI=1S/C17H25I/c1-13-9-12-16(18)17(2,3)15(13)11-10-14-7-5-4-6-8-14/h4-8,13,15-16H,9-12H2,1-3H3/t13?,15?,16-/m0/s1. The van der Waals surface area contributed by atoms with E-state index < -0.39 is 0 Å². The van der Waals surface area contributed by atoms with Crippen LogP contribution < -0.4 is 0 Å². The highest BCUT2D eigenvalue weighted by atomic mass is 127. The van der Waals surface area contributed by atoms with Gasteiger partial charge in [0.2, 0.25) is 0 Å². The van der Waals surface area contributed by atoms with Crippen LogP contribution in [0.3, 0.4) is 0 Å². The first kappa shape index (κ1) is 14.4. The fourth-order valence-corrected chi connectivity index (χ4v) is 4.39. The van der Waals surface area contributed by atoms with Crippen molar-refractivity contribution in [1.82, 2.24) is 0 Å². The summed E-state index contributed by atoms with van der Waals surface area (Å²) >= 11 is 2.68. The summed E-state index contributed by atoms with van der Waals surface area (Å²) in [4.78, 5) is 0. The molecule has 2 unspecified atom stereocenters. The van der Waals surface area contributed by atoms with E-state index in [9.17, 15) is 0 Å². The maximum atomic E-state index is 2.68. The molecule has 0 spiro atoms. The Balaban J connectivity index is 2.02. The van der Waals surface area contributed by atoms with Crippen molar-refractivity contribution >= 4 is 22.6 Å². The number of alkyl halides is 1. The Morgan fingerprint density at radius 2 is 1.83 bits per heavy atom. The van der Waals surface area contributed by atoms with Gasteiger partial charge in [0.25, 0.3) is 0 Å². The van der Waals surface area contributed by atoms with Crippen LogP contribution in [0.25, 0.3) is 0 Å². The van der Waals surface area contributed by atoms with E-state index in [0.29, 0.717) is 5.41 Å². The van der Waals surface area contributed by atoms with E-state index in [2.05, 4.69) is 73.7 Å². The van der Waals surface area contributed by atoms with Crippen molar-refractivity contribution in [1.29, 1.82) is 0 Å². The minimum atomic E-state index is 0.493. The molecule has 100 valence electrons. The molecule has 0 heterocycles. The molecule has 0 nitrogen and oxygen atoms in total. The predicted molar refractivity (Wildman–Crippen MR) is 88.2 cm³/mol. The number of aryl methyl sites for hydroxylation is 1. The van der Waals surface area contributed by atoms with Gasteiger partial charge in [-0.2, -0.15) is 0 Å². The molecule has 0 aromatic heterocycles. The van der Waals surface area contributed by atoms with Crippen LogP contribution in [0, 0.1) is 17.3 Å². The molecule has 0 radical (unpaired) electrons. The van der Waals surface area contributed by atoms with E-state index in [-0.39, 0.29) is 0 Å². The fraction of sp³-hybridized carbons (Fsp3) is 0.647. The summed E-state index contributed by atoms with van der Waals surface area (Å²) in [6.07, 6.45) is 5.40. The highest BCUT2D eigenvalue weighted by Crippen LogP contribution is 2.49. The lowest BCUT2D eigenvalue weighted by Crippen LogP contribution is -2.41. The van der Waals surface area contributed by atoms with Crippen LogP contribution in [0.2, 0.25) is 0 Å². The second kappa shape index (κ2) is 5.94. The number of rotatable bonds is 3. The van der Waals surface area contributed by atoms with Gasteiger partial charge in [-0.3, -0.25) is 0 Å². The zero-order valence-corrected chi connectivity index (χ0v) is 14.0. The zero-order chi connectivity index (χ0) is 13.2. The van der Waals surface area contributed by atoms with E-state index in [1.54, 1.807) is 0 Å². The Kier molecular flexibility index (Phi) is 4.74. The minimum absolute atomic E-state index is 0.493. The van der Waals surface area contributed by atoms with Crippen molar-refractivity contribution < 1.29 is 0 Å². The highest BCUT2D eigenvalue weighted by molar-refractivity contribution is 14.1. The van der Waals surface area contributed by atoms with Crippen molar-refractivity contribution in [3.8, 4) is 0 Å². The summed E-state index contributed by atoms with van der Waals surface area (Å²) in [5.41, 5.74) is 1.99. The Labute approximate surface area is 126 Å². The molecule has 3 atom stereocenters. The summed E-state index contributed by atoms with van der Waals surface area (Å²) in [7, 11) is 0. The molecule has 1 aromatic rings. The quantitative estimate of drug-likeness (QED) is 0.496. The molecule has 0 saturated heterocycles. The number of hydrogen-bond donors (Lipinski definition) is 0. The molecule has 1 heteroatoms. The number of halogens is 1. The molecule has 1 aromatic carbocycles. The van der Waals surface area contributed by atoms with Gasteiger partial charge in [-0.1, -0.05) is 73.7 Å². The largest absolute Gasteiger partial charge is 0.0820 e. The summed E-state index contributed by atoms with van der Waals surface area (Å²) in [6.45, 7) is 7.42. The van der Waals surface area contributed by atoms with Crippen LogP contribution in [0.15, 0.2) is 30.3 Å². The molecule has 2 rings (SSSR count). The fourth-order valence-electron chi connectivity index (χ4n) is 3.57. The topological polar surface area (TPSA) is 0 Å². The molecule has 1 aliphatic rings. The molecule has 1 saturated carbocycles. The molecular weight excluding hydrogens is 331 g/mol. The van der Waals surface area contributed by atoms with E-state index in [0.717, 1.165) is 15.8 Å². The number of hydrogen-bond acceptors (Lipinski definition) is 0. The first-order chi connectivity index (χ1) is 8.51. The van der Waals surface area contributed by atoms with Crippen molar-refractivity contribution in [2.75, 3.05) is 0 Å². The lowest BCUT2D eigenvalue weighted by atomic mass is 9.62. The molecule has 0 amide bonds. The smallest absolute Gasteiger partial charge is 0.0164 e. The van der Waals surface area contributed by atoms with Gasteiger partial charge in [-0.05, 0) is 48.5 Å². The maximum absolute atomic E-state index is 2.68. The average Bonchev–Trinajstić information content (AvgIpc) is 2.35. The Hall–Kier alpha value is -0.0500. The lowest BCUT2D eigenvalue weighted by Gasteiger charge is -2.46. The number of benzene rings is 1. The molecule has 1 fully saturated rings. The third kappa shape index (κ3) is 3.09. The normalized spacial score (nSPS) is 31.2. The third-order valence-corrected chi connectivity index (χ3v) is 7.14. The SMILES string of the molecule is CC1CC[C@H](I)C(C)(C)C1CCc1ccccc1. The predicted octanol–water partition coefficient (Wildman–Crippen LogP) is 5.50. The van der Waals surface area contributed by atoms with Crippen LogP contribution >= 0.6 is 22.6 Å². The molecular formula is C17H25I. The third-order valence-electron chi connectivity index (χ3n) is 4.91. The van der Waals surface area contributed by atoms with Gasteiger partial charge in [0, 0.05) is 3.92 Å². The van der Waals surface area contributed by atoms with Crippen molar-refractivity contribution in [3.05, 3.63) is 35.9 Å². The summed E-state index contributed by atoms with van der Waals surface area (Å²) in [6, 6.07) is 11.0. The van der Waals surface area contributed by atoms with E-state index >= 15 is 0 Å². The van der Waals surface area contributed by atoms with Crippen molar-refractivity contribution in [3.63, 3.8) is 0 Å². The van der Waals surface area contributed by atoms with Crippen molar-refractivity contribution in [2.45, 2.75) is 50.4 Å². The van der Waals surface area contributed by atoms with E-state index in [1.807, 2.05) is 0 Å². The molecule has 0 N–H and O–H groups in total. The summed E-state index contributed by atoms with van der Waals surface area (Å²) in [5.74, 6) is 1.75. The van der Waals surface area contributed by atoms with Crippen LogP contribution in [0.4, 0.5) is 0 Å². The average molecular weight is 356 g/mol. The van der Waals surface area contributed by atoms with Gasteiger partial charge in [0.05, 0.1) is 0 Å². The van der Waals surface area contributed by atoms with Crippen LogP contribution in [0.1, 0.15) is 45.6 Å². The summed E-state index contributed by atoms with van der Waals surface area (Å²) < 4.78 is 0.840. The first-order valence-electron chi connectivity index (χ1n) is 7.20. The monoisotopic (exact) mass is 356 g/mol. The van der Waals surface area contributed by atoms with Gasteiger partial charge in [0.15, 0.2) is 0 Å². The van der Waals surface area contributed by atoms with Crippen LogP contribution in [-0.4, -0.2) is 3.92 Å². The second-order valence-electron chi connectivity index (χ2n) is 6.47. The summed E-state index contributed by atoms with van der Waals surface area (Å²) in [5, 5.41) is 0. The van der Waals surface area contributed by atoms with Gasteiger partial charge in [-0.25, -0.2) is 0 Å². The second-order valence-corrected chi connectivity index (χ2v) is 7.98. The molecule has 0 aliphatic heterocycles. The van der Waals surface area contributed by atoms with Gasteiger partial charge in [-0.15, -0.1) is 0 Å². The zero-order valence-electron chi connectivity index (χ0n) is 11.8. The Morgan fingerprint density at radius 3 is 2.50 bits per heavy atom. The van der Waals surface area contributed by atoms with E-state index in [1.165, 1.54) is 31.2 Å².